The van der Waals surface area contributed by atoms with Crippen LogP contribution in [0.25, 0.3) is 0 Å². The Labute approximate surface area is 112 Å². The summed E-state index contributed by atoms with van der Waals surface area (Å²) < 4.78 is 39.6. The van der Waals surface area contributed by atoms with Crippen LogP contribution in [0.5, 0.6) is 0 Å². The first-order valence-corrected chi connectivity index (χ1v) is 7.15. The topological polar surface area (TPSA) is 59.1 Å². The van der Waals surface area contributed by atoms with Gasteiger partial charge in [0.15, 0.2) is 0 Å². The number of benzene rings is 1. The number of sulfonamides is 1. The molecule has 18 heavy (non-hydrogen) atoms. The number of nitrogens with zero attached hydrogens (tertiary/aromatic N) is 1. The zero-order chi connectivity index (χ0) is 13.2. The van der Waals surface area contributed by atoms with Gasteiger partial charge < -0.3 is 0 Å². The number of halogens is 2. The summed E-state index contributed by atoms with van der Waals surface area (Å²) in [6.07, 6.45) is 1.46. The molecule has 1 heterocycles. The Balaban J connectivity index is 2.30. The van der Waals surface area contributed by atoms with Gasteiger partial charge in [-0.1, -0.05) is 15.9 Å². The smallest absolute Gasteiger partial charge is 0.263 e. The maximum atomic E-state index is 12.7. The lowest BCUT2D eigenvalue weighted by Crippen LogP contribution is -2.13. The second-order valence-corrected chi connectivity index (χ2v) is 6.02. The minimum atomic E-state index is -3.75. The van der Waals surface area contributed by atoms with Crippen LogP contribution >= 0.6 is 15.9 Å². The summed E-state index contributed by atoms with van der Waals surface area (Å²) in [5, 5.41) is 0. The Morgan fingerprint density at radius 2 is 1.83 bits per heavy atom. The van der Waals surface area contributed by atoms with Crippen LogP contribution in [-0.4, -0.2) is 13.4 Å². The van der Waals surface area contributed by atoms with Crippen molar-refractivity contribution in [1.82, 2.24) is 4.98 Å². The minimum absolute atomic E-state index is 0.0225. The Kier molecular flexibility index (Phi) is 3.63. The third-order valence-electron chi connectivity index (χ3n) is 2.08. The number of rotatable bonds is 3. The third-order valence-corrected chi connectivity index (χ3v) is 3.95. The summed E-state index contributed by atoms with van der Waals surface area (Å²) in [6, 6.07) is 7.76. The Bertz CT molecular complexity index is 659. The summed E-state index contributed by atoms with van der Waals surface area (Å²) in [6.45, 7) is 0. The lowest BCUT2D eigenvalue weighted by Gasteiger charge is -2.07. The molecule has 0 amide bonds. The molecule has 0 aliphatic carbocycles. The molecular formula is C11H8BrFN2O2S. The molecule has 0 radical (unpaired) electrons. The average Bonchev–Trinajstić information content (AvgIpc) is 2.29. The summed E-state index contributed by atoms with van der Waals surface area (Å²) in [5.41, 5.74) is 0. The van der Waals surface area contributed by atoms with E-state index < -0.39 is 15.8 Å². The highest BCUT2D eigenvalue weighted by atomic mass is 79.9. The van der Waals surface area contributed by atoms with Crippen molar-refractivity contribution in [3.8, 4) is 0 Å². The Hall–Kier alpha value is -1.47. The van der Waals surface area contributed by atoms with Crippen LogP contribution in [0.3, 0.4) is 0 Å². The third kappa shape index (κ3) is 3.05. The number of hydrogen-bond donors (Lipinski definition) is 1. The van der Waals surface area contributed by atoms with Crippen LogP contribution in [0.2, 0.25) is 0 Å². The van der Waals surface area contributed by atoms with Gasteiger partial charge >= 0.3 is 0 Å². The fourth-order valence-electron chi connectivity index (χ4n) is 1.27. The molecule has 94 valence electrons. The van der Waals surface area contributed by atoms with Crippen molar-refractivity contribution in [2.24, 2.45) is 0 Å². The van der Waals surface area contributed by atoms with Crippen LogP contribution in [0.1, 0.15) is 0 Å². The highest BCUT2D eigenvalue weighted by Gasteiger charge is 2.14. The monoisotopic (exact) mass is 330 g/mol. The molecule has 0 bridgehead atoms. The highest BCUT2D eigenvalue weighted by molar-refractivity contribution is 9.10. The number of nitrogens with one attached hydrogen (secondary N) is 1. The highest BCUT2D eigenvalue weighted by Crippen LogP contribution is 2.17. The largest absolute Gasteiger partial charge is 0.263 e. The molecule has 0 aliphatic rings. The molecule has 7 heteroatoms. The average molecular weight is 331 g/mol. The van der Waals surface area contributed by atoms with E-state index >= 15 is 0 Å². The van der Waals surface area contributed by atoms with Gasteiger partial charge in [0.05, 0.1) is 4.90 Å². The van der Waals surface area contributed by atoms with Gasteiger partial charge in [0.25, 0.3) is 10.0 Å². The molecule has 2 aromatic rings. The quantitative estimate of drug-likeness (QED) is 0.941. The van der Waals surface area contributed by atoms with Crippen molar-refractivity contribution >= 4 is 31.8 Å². The van der Waals surface area contributed by atoms with Crippen molar-refractivity contribution in [3.05, 3.63) is 52.9 Å². The van der Waals surface area contributed by atoms with E-state index in [2.05, 4.69) is 25.6 Å². The maximum Gasteiger partial charge on any atom is 0.263 e. The standard InChI is InChI=1S/C11H8BrFN2O2S/c12-8-5-6-14-11(7-8)15-18(16,17)10-3-1-9(13)2-4-10/h1-7H,(H,14,15). The first-order valence-electron chi connectivity index (χ1n) is 4.87. The van der Waals surface area contributed by atoms with Crippen molar-refractivity contribution in [3.63, 3.8) is 0 Å². The van der Waals surface area contributed by atoms with E-state index in [1.54, 1.807) is 6.07 Å². The molecule has 1 N–H and O–H groups in total. The molecule has 0 fully saturated rings. The molecule has 0 saturated heterocycles. The molecule has 2 rings (SSSR count). The number of aromatic nitrogens is 1. The van der Waals surface area contributed by atoms with Gasteiger partial charge in [0.1, 0.15) is 11.6 Å². The summed E-state index contributed by atoms with van der Waals surface area (Å²) in [4.78, 5) is 3.85. The van der Waals surface area contributed by atoms with Crippen molar-refractivity contribution in [1.29, 1.82) is 0 Å². The summed E-state index contributed by atoms with van der Waals surface area (Å²) in [7, 11) is -3.75. The fourth-order valence-corrected chi connectivity index (χ4v) is 2.61. The van der Waals surface area contributed by atoms with Crippen molar-refractivity contribution in [2.45, 2.75) is 4.90 Å². The second kappa shape index (κ2) is 5.03. The van der Waals surface area contributed by atoms with Gasteiger partial charge in [-0.05, 0) is 36.4 Å². The Morgan fingerprint density at radius 1 is 1.17 bits per heavy atom. The fraction of sp³-hybridized carbons (Fsp3) is 0. The zero-order valence-corrected chi connectivity index (χ0v) is 11.4. The van der Waals surface area contributed by atoms with Crippen LogP contribution in [0.15, 0.2) is 52.0 Å². The van der Waals surface area contributed by atoms with Crippen molar-refractivity contribution in [2.75, 3.05) is 4.72 Å². The lowest BCUT2D eigenvalue weighted by molar-refractivity contribution is 0.599. The van der Waals surface area contributed by atoms with Gasteiger partial charge in [-0.3, -0.25) is 4.72 Å². The predicted octanol–water partition coefficient (Wildman–Crippen LogP) is 2.78. The molecule has 0 unspecified atom stereocenters. The van der Waals surface area contributed by atoms with E-state index in [1.807, 2.05) is 0 Å². The van der Waals surface area contributed by atoms with Gasteiger partial charge in [-0.25, -0.2) is 17.8 Å². The van der Waals surface area contributed by atoms with E-state index in [0.29, 0.717) is 4.47 Å². The van der Waals surface area contributed by atoms with E-state index in [4.69, 9.17) is 0 Å². The van der Waals surface area contributed by atoms with Crippen LogP contribution in [0.4, 0.5) is 10.2 Å². The first-order chi connectivity index (χ1) is 8.47. The van der Waals surface area contributed by atoms with E-state index in [-0.39, 0.29) is 10.7 Å². The van der Waals surface area contributed by atoms with Gasteiger partial charge in [-0.2, -0.15) is 0 Å². The van der Waals surface area contributed by atoms with E-state index in [0.717, 1.165) is 12.1 Å². The number of anilines is 1. The number of pyridine rings is 1. The van der Waals surface area contributed by atoms with Gasteiger partial charge in [0, 0.05) is 10.7 Å². The molecule has 1 aromatic heterocycles. The predicted molar refractivity (Wildman–Crippen MR) is 69.1 cm³/mol. The summed E-state index contributed by atoms with van der Waals surface area (Å²) in [5.74, 6) is -0.303. The molecule has 0 aliphatic heterocycles. The summed E-state index contributed by atoms with van der Waals surface area (Å²) >= 11 is 3.21. The molecule has 1 aromatic carbocycles. The van der Waals surface area contributed by atoms with E-state index in [1.165, 1.54) is 24.4 Å². The Morgan fingerprint density at radius 3 is 2.44 bits per heavy atom. The first kappa shape index (κ1) is 13.0. The van der Waals surface area contributed by atoms with Crippen LogP contribution in [-0.2, 0) is 10.0 Å². The molecule has 4 nitrogen and oxygen atoms in total. The van der Waals surface area contributed by atoms with Crippen molar-refractivity contribution < 1.29 is 12.8 Å². The maximum absolute atomic E-state index is 12.7. The van der Waals surface area contributed by atoms with Crippen LogP contribution in [0, 0.1) is 5.82 Å². The molecule has 0 saturated carbocycles. The molecule has 0 atom stereocenters. The molecular weight excluding hydrogens is 323 g/mol. The second-order valence-electron chi connectivity index (χ2n) is 3.42. The lowest BCUT2D eigenvalue weighted by atomic mass is 10.4. The van der Waals surface area contributed by atoms with Gasteiger partial charge in [-0.15, -0.1) is 0 Å². The van der Waals surface area contributed by atoms with E-state index in [9.17, 15) is 12.8 Å². The van der Waals surface area contributed by atoms with Gasteiger partial charge in [0.2, 0.25) is 0 Å². The normalized spacial score (nSPS) is 11.2. The molecule has 0 spiro atoms. The van der Waals surface area contributed by atoms with Crippen LogP contribution < -0.4 is 4.72 Å². The zero-order valence-electron chi connectivity index (χ0n) is 8.97. The minimum Gasteiger partial charge on any atom is -0.263 e. The SMILES string of the molecule is O=S(=O)(Nc1cc(Br)ccn1)c1ccc(F)cc1. The number of hydrogen-bond acceptors (Lipinski definition) is 3.